The number of rotatable bonds is 17. The Kier molecular flexibility index (Phi) is 14.5. The van der Waals surface area contributed by atoms with Gasteiger partial charge in [0.15, 0.2) is 5.79 Å². The van der Waals surface area contributed by atoms with Gasteiger partial charge in [0.1, 0.15) is 0 Å². The molecule has 1 fully saturated rings. The lowest BCUT2D eigenvalue weighted by atomic mass is 9.77. The maximum atomic E-state index is 11.3. The molecule has 2 aromatic rings. The van der Waals surface area contributed by atoms with Gasteiger partial charge in [0.05, 0.1) is 24.4 Å². The molecule has 6 heteroatoms. The van der Waals surface area contributed by atoms with Gasteiger partial charge in [0.25, 0.3) is 8.32 Å². The Labute approximate surface area is 288 Å². The molecule has 47 heavy (non-hydrogen) atoms. The van der Waals surface area contributed by atoms with E-state index in [0.717, 1.165) is 25.7 Å². The Morgan fingerprint density at radius 2 is 1.43 bits per heavy atom. The van der Waals surface area contributed by atoms with Crippen LogP contribution in [0.25, 0.3) is 0 Å². The van der Waals surface area contributed by atoms with E-state index in [0.29, 0.717) is 18.9 Å². The van der Waals surface area contributed by atoms with Gasteiger partial charge in [-0.05, 0) is 72.7 Å². The van der Waals surface area contributed by atoms with Crippen LogP contribution in [0, 0.1) is 29.6 Å². The molecule has 1 unspecified atom stereocenters. The van der Waals surface area contributed by atoms with Crippen LogP contribution in [0.5, 0.6) is 0 Å². The van der Waals surface area contributed by atoms with Crippen molar-refractivity contribution in [1.29, 1.82) is 0 Å². The molecule has 0 bridgehead atoms. The zero-order valence-electron chi connectivity index (χ0n) is 31.1. The summed E-state index contributed by atoms with van der Waals surface area (Å²) in [7, 11) is -2.63. The second kappa shape index (κ2) is 17.2. The standard InChI is InChI=1S/C41H66O5Si/c1-12-14-21-29(3)36(42)27-37(43)31(5)39-32(6)38(45-41(10,11)46-39)30(4)26-33(13-2)28-44-47(40(7,8)9,34-22-17-15-18-23-34)35-24-19-16-20-25-35/h12,15-20,22-25,29-33,36-39,42-43H,1,13-14,21,26-28H2,2-11H3/t29?,30-,31-,32+,33-,36-,37-,38-,39-/m0/s1. The van der Waals surface area contributed by atoms with Crippen LogP contribution in [0.15, 0.2) is 73.3 Å². The van der Waals surface area contributed by atoms with Crippen LogP contribution in [-0.2, 0) is 13.9 Å². The van der Waals surface area contributed by atoms with Gasteiger partial charge in [-0.25, -0.2) is 0 Å². The summed E-state index contributed by atoms with van der Waals surface area (Å²) in [5.41, 5.74) is 0. The Morgan fingerprint density at radius 1 is 0.894 bits per heavy atom. The average molecular weight is 667 g/mol. The molecule has 1 heterocycles. The minimum absolute atomic E-state index is 0.0308. The summed E-state index contributed by atoms with van der Waals surface area (Å²) in [4.78, 5) is 0. The van der Waals surface area contributed by atoms with Crippen molar-refractivity contribution in [3.05, 3.63) is 73.3 Å². The van der Waals surface area contributed by atoms with Crippen LogP contribution < -0.4 is 10.4 Å². The third-order valence-electron chi connectivity index (χ3n) is 10.8. The van der Waals surface area contributed by atoms with Crippen molar-refractivity contribution in [2.45, 2.75) is 137 Å². The van der Waals surface area contributed by atoms with E-state index in [-0.39, 0.29) is 40.9 Å². The Morgan fingerprint density at radius 3 is 1.91 bits per heavy atom. The van der Waals surface area contributed by atoms with Gasteiger partial charge in [-0.1, -0.05) is 129 Å². The largest absolute Gasteiger partial charge is 0.407 e. The monoisotopic (exact) mass is 666 g/mol. The van der Waals surface area contributed by atoms with Crippen molar-refractivity contribution in [2.75, 3.05) is 6.61 Å². The molecule has 5 nitrogen and oxygen atoms in total. The summed E-state index contributed by atoms with van der Waals surface area (Å²) in [6.07, 6.45) is 4.48. The molecule has 3 rings (SSSR count). The first kappa shape index (κ1) is 39.6. The topological polar surface area (TPSA) is 68.2 Å². The van der Waals surface area contributed by atoms with Crippen molar-refractivity contribution in [3.63, 3.8) is 0 Å². The minimum atomic E-state index is -2.63. The number of benzene rings is 2. The van der Waals surface area contributed by atoms with Gasteiger partial charge in [0, 0.05) is 18.4 Å². The fourth-order valence-corrected chi connectivity index (χ4v) is 12.4. The van der Waals surface area contributed by atoms with Crippen LogP contribution in [0.2, 0.25) is 5.04 Å². The van der Waals surface area contributed by atoms with Crippen LogP contribution in [0.1, 0.15) is 101 Å². The summed E-state index contributed by atoms with van der Waals surface area (Å²) >= 11 is 0. The molecule has 2 N–H and O–H groups in total. The molecule has 0 radical (unpaired) electrons. The van der Waals surface area contributed by atoms with Crippen molar-refractivity contribution in [2.24, 2.45) is 29.6 Å². The number of hydrogen-bond donors (Lipinski definition) is 2. The predicted octanol–water partition coefficient (Wildman–Crippen LogP) is 8.12. The lowest BCUT2D eigenvalue weighted by Gasteiger charge is -2.50. The summed E-state index contributed by atoms with van der Waals surface area (Å²) in [6, 6.07) is 21.7. The normalized spacial score (nSPS) is 24.1. The third kappa shape index (κ3) is 9.89. The number of aliphatic hydroxyl groups is 2. The molecule has 264 valence electrons. The third-order valence-corrected chi connectivity index (χ3v) is 15.8. The van der Waals surface area contributed by atoms with Crippen molar-refractivity contribution >= 4 is 18.7 Å². The first-order chi connectivity index (χ1) is 22.1. The summed E-state index contributed by atoms with van der Waals surface area (Å²) < 4.78 is 20.5. The minimum Gasteiger partial charge on any atom is -0.407 e. The van der Waals surface area contributed by atoms with Crippen molar-refractivity contribution in [1.82, 2.24) is 0 Å². The van der Waals surface area contributed by atoms with E-state index in [1.165, 1.54) is 10.4 Å². The average Bonchev–Trinajstić information content (AvgIpc) is 3.03. The maximum absolute atomic E-state index is 11.3. The molecule has 2 aromatic carbocycles. The van der Waals surface area contributed by atoms with E-state index >= 15 is 0 Å². The number of hydrogen-bond acceptors (Lipinski definition) is 5. The van der Waals surface area contributed by atoms with Crippen LogP contribution in [0.4, 0.5) is 0 Å². The van der Waals surface area contributed by atoms with Gasteiger partial charge < -0.3 is 24.1 Å². The van der Waals surface area contributed by atoms with Crippen LogP contribution in [0.3, 0.4) is 0 Å². The molecule has 0 saturated carbocycles. The number of aliphatic hydroxyl groups excluding tert-OH is 2. The molecular weight excluding hydrogens is 601 g/mol. The summed E-state index contributed by atoms with van der Waals surface area (Å²) in [5, 5.41) is 24.7. The van der Waals surface area contributed by atoms with Gasteiger partial charge in [0.2, 0.25) is 0 Å². The fourth-order valence-electron chi connectivity index (χ4n) is 7.81. The maximum Gasteiger partial charge on any atom is 0.261 e. The first-order valence-electron chi connectivity index (χ1n) is 18.2. The Hall–Kier alpha value is -1.80. The van der Waals surface area contributed by atoms with E-state index in [4.69, 9.17) is 13.9 Å². The molecule has 1 saturated heterocycles. The zero-order chi connectivity index (χ0) is 35.0. The lowest BCUT2D eigenvalue weighted by Crippen LogP contribution is -2.67. The van der Waals surface area contributed by atoms with Gasteiger partial charge in [-0.2, -0.15) is 0 Å². The Bertz CT molecular complexity index is 1160. The quantitative estimate of drug-likeness (QED) is 0.132. The van der Waals surface area contributed by atoms with Gasteiger partial charge in [-0.3, -0.25) is 0 Å². The van der Waals surface area contributed by atoms with Crippen molar-refractivity contribution in [3.8, 4) is 0 Å². The number of allylic oxidation sites excluding steroid dienone is 1. The van der Waals surface area contributed by atoms with Crippen LogP contribution in [-0.4, -0.2) is 55.3 Å². The Balaban J connectivity index is 1.78. The first-order valence-corrected chi connectivity index (χ1v) is 20.1. The molecule has 9 atom stereocenters. The van der Waals surface area contributed by atoms with E-state index in [2.05, 4.69) is 116 Å². The molecule has 0 aromatic heterocycles. The van der Waals surface area contributed by atoms with E-state index in [1.54, 1.807) is 0 Å². The van der Waals surface area contributed by atoms with E-state index in [1.807, 2.05) is 26.8 Å². The molecule has 0 spiro atoms. The van der Waals surface area contributed by atoms with Crippen molar-refractivity contribution < 1.29 is 24.1 Å². The highest BCUT2D eigenvalue weighted by atomic mass is 28.4. The second-order valence-electron chi connectivity index (χ2n) is 16.0. The molecular formula is C41H66O5Si. The number of ether oxygens (including phenoxy) is 2. The highest BCUT2D eigenvalue weighted by molar-refractivity contribution is 6.99. The molecule has 1 aliphatic heterocycles. The molecule has 0 amide bonds. The fraction of sp³-hybridized carbons (Fsp3) is 0.659. The summed E-state index contributed by atoms with van der Waals surface area (Å²) in [5.74, 6) is -0.117. The highest BCUT2D eigenvalue weighted by Gasteiger charge is 2.51. The lowest BCUT2D eigenvalue weighted by molar-refractivity contribution is -0.338. The van der Waals surface area contributed by atoms with E-state index in [9.17, 15) is 10.2 Å². The molecule has 0 aliphatic carbocycles. The second-order valence-corrected chi connectivity index (χ2v) is 20.3. The zero-order valence-corrected chi connectivity index (χ0v) is 32.1. The predicted molar refractivity (Wildman–Crippen MR) is 199 cm³/mol. The highest BCUT2D eigenvalue weighted by Crippen LogP contribution is 2.41. The summed E-state index contributed by atoms with van der Waals surface area (Å²) in [6.45, 7) is 26.3. The SMILES string of the molecule is C=CCCC(C)[C@@H](O)C[C@H](O)[C@H](C)[C@@H]1OC(C)(C)O[C@@H]([C@@H](C)C[C@H](CC)CO[Si](c2ccccc2)(c2ccccc2)C(C)(C)C)[C@H]1C. The van der Waals surface area contributed by atoms with Gasteiger partial charge in [-0.15, -0.1) is 6.58 Å². The van der Waals surface area contributed by atoms with Crippen LogP contribution >= 0.6 is 0 Å². The van der Waals surface area contributed by atoms with E-state index < -0.39 is 26.3 Å². The molecule has 1 aliphatic rings. The van der Waals surface area contributed by atoms with Gasteiger partial charge >= 0.3 is 0 Å². The smallest absolute Gasteiger partial charge is 0.261 e.